The number of hydrogen-bond acceptors (Lipinski definition) is 3. The van der Waals surface area contributed by atoms with Crippen molar-refractivity contribution in [1.29, 1.82) is 0 Å². The highest BCUT2D eigenvalue weighted by Gasteiger charge is 2.17. The molecule has 22 heavy (non-hydrogen) atoms. The van der Waals surface area contributed by atoms with E-state index in [0.717, 1.165) is 10.9 Å². The molecule has 3 aromatic rings. The van der Waals surface area contributed by atoms with Crippen LogP contribution in [0.1, 0.15) is 23.0 Å². The van der Waals surface area contributed by atoms with Crippen molar-refractivity contribution in [2.45, 2.75) is 13.5 Å². The summed E-state index contributed by atoms with van der Waals surface area (Å²) in [5, 5.41) is 0.849. The highest BCUT2D eigenvalue weighted by atomic mass is 19.1. The second-order valence-electron chi connectivity index (χ2n) is 4.88. The Kier molecular flexibility index (Phi) is 3.87. The third-order valence-corrected chi connectivity index (χ3v) is 3.37. The van der Waals surface area contributed by atoms with Gasteiger partial charge in [-0.1, -0.05) is 12.1 Å². The summed E-state index contributed by atoms with van der Waals surface area (Å²) in [6, 6.07) is 11.7. The zero-order valence-electron chi connectivity index (χ0n) is 12.1. The first-order chi connectivity index (χ1) is 10.7. The standard InChI is InChI=1S/C17H15FN2O2/c1-2-22-17(21)15-10-13-6-4-8-19-16(13)20(15)11-12-5-3-7-14(18)9-12/h3-10H,2,11H2,1H3. The van der Waals surface area contributed by atoms with Crippen LogP contribution in [0.4, 0.5) is 4.39 Å². The predicted octanol–water partition coefficient (Wildman–Crippen LogP) is 3.40. The fourth-order valence-electron chi connectivity index (χ4n) is 2.44. The quantitative estimate of drug-likeness (QED) is 0.693. The van der Waals surface area contributed by atoms with Gasteiger partial charge in [0.15, 0.2) is 0 Å². The normalized spacial score (nSPS) is 10.8. The van der Waals surface area contributed by atoms with E-state index in [4.69, 9.17) is 4.74 Å². The van der Waals surface area contributed by atoms with Gasteiger partial charge < -0.3 is 9.30 Å². The summed E-state index contributed by atoms with van der Waals surface area (Å²) >= 11 is 0. The largest absolute Gasteiger partial charge is 0.461 e. The van der Waals surface area contributed by atoms with E-state index >= 15 is 0 Å². The first-order valence-corrected chi connectivity index (χ1v) is 7.05. The maximum absolute atomic E-state index is 13.4. The smallest absolute Gasteiger partial charge is 0.355 e. The van der Waals surface area contributed by atoms with Crippen LogP contribution < -0.4 is 0 Å². The lowest BCUT2D eigenvalue weighted by Gasteiger charge is -2.09. The number of benzene rings is 1. The lowest BCUT2D eigenvalue weighted by atomic mass is 10.2. The van der Waals surface area contributed by atoms with Gasteiger partial charge in [0.1, 0.15) is 17.2 Å². The molecule has 1 aromatic carbocycles. The van der Waals surface area contributed by atoms with E-state index in [1.54, 1.807) is 29.8 Å². The van der Waals surface area contributed by atoms with E-state index in [9.17, 15) is 9.18 Å². The van der Waals surface area contributed by atoms with E-state index in [0.29, 0.717) is 24.5 Å². The van der Waals surface area contributed by atoms with Crippen LogP contribution in [-0.4, -0.2) is 22.1 Å². The van der Waals surface area contributed by atoms with Gasteiger partial charge in [0, 0.05) is 18.1 Å². The second kappa shape index (κ2) is 5.97. The lowest BCUT2D eigenvalue weighted by molar-refractivity contribution is 0.0515. The average Bonchev–Trinajstić information content (AvgIpc) is 2.87. The highest BCUT2D eigenvalue weighted by Crippen LogP contribution is 2.20. The van der Waals surface area contributed by atoms with Crippen molar-refractivity contribution in [3.8, 4) is 0 Å². The van der Waals surface area contributed by atoms with Gasteiger partial charge in [0.2, 0.25) is 0 Å². The number of pyridine rings is 1. The van der Waals surface area contributed by atoms with Crippen molar-refractivity contribution in [3.05, 3.63) is 65.7 Å². The van der Waals surface area contributed by atoms with Crippen molar-refractivity contribution in [2.24, 2.45) is 0 Å². The molecule has 0 radical (unpaired) electrons. The molecule has 0 unspecified atom stereocenters. The number of ether oxygens (including phenoxy) is 1. The number of fused-ring (bicyclic) bond motifs is 1. The summed E-state index contributed by atoms with van der Waals surface area (Å²) in [6.07, 6.45) is 1.67. The summed E-state index contributed by atoms with van der Waals surface area (Å²) in [6.45, 7) is 2.41. The first kappa shape index (κ1) is 14.3. The molecule has 0 saturated heterocycles. The highest BCUT2D eigenvalue weighted by molar-refractivity contribution is 5.94. The maximum Gasteiger partial charge on any atom is 0.355 e. The third-order valence-electron chi connectivity index (χ3n) is 3.37. The van der Waals surface area contributed by atoms with Gasteiger partial charge in [-0.25, -0.2) is 14.2 Å². The van der Waals surface area contributed by atoms with Crippen LogP contribution in [0.15, 0.2) is 48.7 Å². The van der Waals surface area contributed by atoms with Gasteiger partial charge in [0.05, 0.1) is 6.61 Å². The van der Waals surface area contributed by atoms with E-state index < -0.39 is 5.97 Å². The Bertz CT molecular complexity index is 826. The fourth-order valence-corrected chi connectivity index (χ4v) is 2.44. The van der Waals surface area contributed by atoms with Gasteiger partial charge in [-0.15, -0.1) is 0 Å². The molecule has 2 heterocycles. The molecule has 5 heteroatoms. The third kappa shape index (κ3) is 2.70. The minimum atomic E-state index is -0.406. The Morgan fingerprint density at radius 3 is 2.91 bits per heavy atom. The Hall–Kier alpha value is -2.69. The van der Waals surface area contributed by atoms with Crippen molar-refractivity contribution in [3.63, 3.8) is 0 Å². The van der Waals surface area contributed by atoms with Gasteiger partial charge in [-0.2, -0.15) is 0 Å². The summed E-state index contributed by atoms with van der Waals surface area (Å²) in [7, 11) is 0. The van der Waals surface area contributed by atoms with Crippen LogP contribution in [0, 0.1) is 5.82 Å². The molecular weight excluding hydrogens is 283 g/mol. The number of aromatic nitrogens is 2. The molecule has 0 fully saturated rings. The van der Waals surface area contributed by atoms with E-state index in [1.165, 1.54) is 12.1 Å². The van der Waals surface area contributed by atoms with Crippen LogP contribution in [0.5, 0.6) is 0 Å². The van der Waals surface area contributed by atoms with Crippen LogP contribution in [-0.2, 0) is 11.3 Å². The molecular formula is C17H15FN2O2. The molecule has 0 aliphatic rings. The minimum Gasteiger partial charge on any atom is -0.461 e. The molecule has 0 saturated carbocycles. The summed E-state index contributed by atoms with van der Waals surface area (Å²) in [5.74, 6) is -0.712. The van der Waals surface area contributed by atoms with Crippen molar-refractivity contribution >= 4 is 17.0 Å². The maximum atomic E-state index is 13.4. The molecule has 0 amide bonds. The predicted molar refractivity (Wildman–Crippen MR) is 81.2 cm³/mol. The van der Waals surface area contributed by atoms with E-state index in [1.807, 2.05) is 18.2 Å². The van der Waals surface area contributed by atoms with Gasteiger partial charge in [-0.05, 0) is 42.8 Å². The summed E-state index contributed by atoms with van der Waals surface area (Å²) < 4.78 is 20.2. The van der Waals surface area contributed by atoms with Gasteiger partial charge in [-0.3, -0.25) is 0 Å². The van der Waals surface area contributed by atoms with E-state index in [-0.39, 0.29) is 5.82 Å². The van der Waals surface area contributed by atoms with Gasteiger partial charge in [0.25, 0.3) is 0 Å². The SMILES string of the molecule is CCOC(=O)c1cc2cccnc2n1Cc1cccc(F)c1. The molecule has 0 spiro atoms. The Labute approximate surface area is 127 Å². The van der Waals surface area contributed by atoms with Crippen LogP contribution >= 0.6 is 0 Å². The second-order valence-corrected chi connectivity index (χ2v) is 4.88. The number of carbonyl (C=O) groups excluding carboxylic acids is 1. The molecule has 4 nitrogen and oxygen atoms in total. The van der Waals surface area contributed by atoms with Crippen LogP contribution in [0.2, 0.25) is 0 Å². The minimum absolute atomic E-state index is 0.299. The number of rotatable bonds is 4. The molecule has 0 aliphatic carbocycles. The summed E-state index contributed by atoms with van der Waals surface area (Å²) in [5.41, 5.74) is 1.85. The fraction of sp³-hybridized carbons (Fsp3) is 0.176. The summed E-state index contributed by atoms with van der Waals surface area (Å²) in [4.78, 5) is 16.5. The molecule has 3 rings (SSSR count). The Morgan fingerprint density at radius 2 is 2.14 bits per heavy atom. The lowest BCUT2D eigenvalue weighted by Crippen LogP contribution is -2.13. The van der Waals surface area contributed by atoms with Crippen LogP contribution in [0.25, 0.3) is 11.0 Å². The number of halogens is 1. The van der Waals surface area contributed by atoms with Crippen molar-refractivity contribution in [1.82, 2.24) is 9.55 Å². The molecule has 0 N–H and O–H groups in total. The van der Waals surface area contributed by atoms with Gasteiger partial charge >= 0.3 is 5.97 Å². The first-order valence-electron chi connectivity index (χ1n) is 7.05. The number of esters is 1. The zero-order valence-corrected chi connectivity index (χ0v) is 12.1. The molecule has 0 bridgehead atoms. The molecule has 2 aromatic heterocycles. The molecule has 0 atom stereocenters. The van der Waals surface area contributed by atoms with Crippen molar-refractivity contribution < 1.29 is 13.9 Å². The molecule has 112 valence electrons. The molecule has 0 aliphatic heterocycles. The zero-order chi connectivity index (χ0) is 15.5. The van der Waals surface area contributed by atoms with E-state index in [2.05, 4.69) is 4.98 Å². The van der Waals surface area contributed by atoms with Crippen LogP contribution in [0.3, 0.4) is 0 Å². The topological polar surface area (TPSA) is 44.1 Å². The number of carbonyl (C=O) groups is 1. The average molecular weight is 298 g/mol. The number of hydrogen-bond donors (Lipinski definition) is 0. The monoisotopic (exact) mass is 298 g/mol. The number of nitrogens with zero attached hydrogens (tertiary/aromatic N) is 2. The Morgan fingerprint density at radius 1 is 1.27 bits per heavy atom. The van der Waals surface area contributed by atoms with Crippen molar-refractivity contribution in [2.75, 3.05) is 6.61 Å². The Balaban J connectivity index is 2.09.